The Kier molecular flexibility index (Phi) is 6.07. The van der Waals surface area contributed by atoms with Crippen molar-refractivity contribution in [2.24, 2.45) is 0 Å². The van der Waals surface area contributed by atoms with Crippen LogP contribution < -0.4 is 16.0 Å². The van der Waals surface area contributed by atoms with Crippen LogP contribution >= 0.6 is 11.8 Å². The molecule has 2 saturated heterocycles. The van der Waals surface area contributed by atoms with Crippen molar-refractivity contribution in [1.82, 2.24) is 16.0 Å². The highest BCUT2D eigenvalue weighted by Gasteiger charge is 2.42. The van der Waals surface area contributed by atoms with E-state index in [1.54, 1.807) is 12.1 Å². The zero-order valence-electron chi connectivity index (χ0n) is 14.2. The average molecular weight is 363 g/mol. The van der Waals surface area contributed by atoms with E-state index < -0.39 is 0 Å². The third-order valence-electron chi connectivity index (χ3n) is 4.75. The molecule has 3 amide bonds. The number of fused-ring (bicyclic) bond motifs is 1. The summed E-state index contributed by atoms with van der Waals surface area (Å²) in [5.41, 5.74) is 1.10. The second kappa shape index (κ2) is 8.47. The van der Waals surface area contributed by atoms with Gasteiger partial charge in [-0.05, 0) is 37.0 Å². The maximum Gasteiger partial charge on any atom is 0.315 e. The van der Waals surface area contributed by atoms with Crippen LogP contribution in [-0.2, 0) is 11.2 Å². The molecule has 0 bridgehead atoms. The molecule has 7 heteroatoms. The van der Waals surface area contributed by atoms with Gasteiger partial charge in [-0.15, -0.1) is 0 Å². The Morgan fingerprint density at radius 3 is 2.84 bits per heavy atom. The summed E-state index contributed by atoms with van der Waals surface area (Å²) in [4.78, 5) is 23.2. The Morgan fingerprint density at radius 2 is 2.04 bits per heavy atom. The number of aromatic hydroxyl groups is 1. The van der Waals surface area contributed by atoms with Crippen molar-refractivity contribution in [3.05, 3.63) is 29.8 Å². The summed E-state index contributed by atoms with van der Waals surface area (Å²) in [6.45, 7) is 0.615. The Bertz CT molecular complexity index is 608. The van der Waals surface area contributed by atoms with Crippen LogP contribution in [0, 0.1) is 0 Å². The number of thioether (sulfide) groups is 1. The largest absolute Gasteiger partial charge is 0.508 e. The summed E-state index contributed by atoms with van der Waals surface area (Å²) in [6.07, 6.45) is 4.23. The van der Waals surface area contributed by atoms with E-state index in [1.807, 2.05) is 23.9 Å². The zero-order chi connectivity index (χ0) is 17.6. The highest BCUT2D eigenvalue weighted by Crippen LogP contribution is 2.33. The molecule has 6 nitrogen and oxygen atoms in total. The van der Waals surface area contributed by atoms with Gasteiger partial charge in [0.25, 0.3) is 0 Å². The quantitative estimate of drug-likeness (QED) is 0.419. The minimum absolute atomic E-state index is 0.0479. The van der Waals surface area contributed by atoms with Crippen molar-refractivity contribution < 1.29 is 14.7 Å². The number of phenols is 1. The fourth-order valence-electron chi connectivity index (χ4n) is 3.37. The molecule has 2 aliphatic rings. The fraction of sp³-hybridized carbons (Fsp3) is 0.556. The molecule has 0 spiro atoms. The minimum Gasteiger partial charge on any atom is -0.508 e. The molecule has 1 aromatic rings. The van der Waals surface area contributed by atoms with Crippen LogP contribution in [0.15, 0.2) is 24.3 Å². The van der Waals surface area contributed by atoms with Crippen LogP contribution in [0.4, 0.5) is 4.79 Å². The molecule has 136 valence electrons. The predicted molar refractivity (Wildman–Crippen MR) is 98.8 cm³/mol. The molecular weight excluding hydrogens is 338 g/mol. The van der Waals surface area contributed by atoms with Crippen LogP contribution in [-0.4, -0.2) is 46.7 Å². The number of phenolic OH excluding ortho intramolecular Hbond substituents is 1. The number of carbonyl (C=O) groups excluding carboxylic acids is 2. The molecular formula is C18H25N3O3S. The first-order valence-corrected chi connectivity index (χ1v) is 9.90. The van der Waals surface area contributed by atoms with Gasteiger partial charge >= 0.3 is 6.03 Å². The molecule has 0 saturated carbocycles. The number of unbranched alkanes of at least 4 members (excludes halogenated alkanes) is 1. The summed E-state index contributed by atoms with van der Waals surface area (Å²) in [5.74, 6) is 1.32. The summed E-state index contributed by atoms with van der Waals surface area (Å²) < 4.78 is 0. The van der Waals surface area contributed by atoms with Crippen LogP contribution in [0.3, 0.4) is 0 Å². The van der Waals surface area contributed by atoms with Gasteiger partial charge in [0.05, 0.1) is 12.1 Å². The number of hydrogen-bond donors (Lipinski definition) is 4. The van der Waals surface area contributed by atoms with Crippen molar-refractivity contribution in [3.8, 4) is 5.75 Å². The number of hydrogen-bond acceptors (Lipinski definition) is 4. The minimum atomic E-state index is -0.0479. The normalized spacial score (nSPS) is 24.5. The standard InChI is InChI=1S/C18H25N3O3S/c22-13-7-5-12(6-8-13)9-10-19-16(23)4-2-1-3-15-17-14(11-25-15)20-18(24)21-17/h5-8,14-15,17,22H,1-4,9-11H2,(H,19,23)(H2,20,21,24)/t14-,15?,17-/m0/s1. The lowest BCUT2D eigenvalue weighted by Crippen LogP contribution is -2.36. The first-order valence-electron chi connectivity index (χ1n) is 8.85. The number of amides is 3. The fourth-order valence-corrected chi connectivity index (χ4v) is 4.91. The van der Waals surface area contributed by atoms with E-state index in [0.717, 1.165) is 37.0 Å². The van der Waals surface area contributed by atoms with Gasteiger partial charge in [0.15, 0.2) is 0 Å². The molecule has 0 aromatic heterocycles. The average Bonchev–Trinajstić information content (AvgIpc) is 3.13. The number of benzene rings is 1. The molecule has 2 aliphatic heterocycles. The van der Waals surface area contributed by atoms with Gasteiger partial charge in [0, 0.05) is 24.0 Å². The van der Waals surface area contributed by atoms with Crippen molar-refractivity contribution in [2.45, 2.75) is 49.4 Å². The maximum absolute atomic E-state index is 11.9. The molecule has 0 radical (unpaired) electrons. The number of rotatable bonds is 8. The van der Waals surface area contributed by atoms with Gasteiger partial charge in [-0.2, -0.15) is 11.8 Å². The molecule has 25 heavy (non-hydrogen) atoms. The summed E-state index contributed by atoms with van der Waals surface area (Å²) >= 11 is 1.91. The van der Waals surface area contributed by atoms with E-state index in [0.29, 0.717) is 18.2 Å². The highest BCUT2D eigenvalue weighted by atomic mass is 32.2. The SMILES string of the molecule is O=C(CCCCC1SC[C@@H]2NC(=O)N[C@H]12)NCCc1ccc(O)cc1. The second-order valence-electron chi connectivity index (χ2n) is 6.63. The highest BCUT2D eigenvalue weighted by molar-refractivity contribution is 8.00. The lowest BCUT2D eigenvalue weighted by molar-refractivity contribution is -0.121. The Hall–Kier alpha value is -1.89. The molecule has 2 fully saturated rings. The van der Waals surface area contributed by atoms with Crippen LogP contribution in [0.2, 0.25) is 0 Å². The monoisotopic (exact) mass is 363 g/mol. The van der Waals surface area contributed by atoms with Crippen LogP contribution in [0.5, 0.6) is 5.75 Å². The first-order chi connectivity index (χ1) is 12.1. The Morgan fingerprint density at radius 1 is 1.24 bits per heavy atom. The van der Waals surface area contributed by atoms with Crippen molar-refractivity contribution >= 4 is 23.7 Å². The van der Waals surface area contributed by atoms with E-state index in [2.05, 4.69) is 16.0 Å². The van der Waals surface area contributed by atoms with Crippen LogP contribution in [0.1, 0.15) is 31.2 Å². The maximum atomic E-state index is 11.9. The van der Waals surface area contributed by atoms with E-state index in [1.165, 1.54) is 0 Å². The van der Waals surface area contributed by atoms with Gasteiger partial charge in [-0.25, -0.2) is 4.79 Å². The van der Waals surface area contributed by atoms with E-state index in [-0.39, 0.29) is 29.8 Å². The van der Waals surface area contributed by atoms with Gasteiger partial charge in [-0.1, -0.05) is 18.6 Å². The molecule has 1 unspecified atom stereocenters. The lowest BCUT2D eigenvalue weighted by Gasteiger charge is -2.16. The number of urea groups is 1. The predicted octanol–water partition coefficient (Wildman–Crippen LogP) is 1.78. The topological polar surface area (TPSA) is 90.5 Å². The Balaban J connectivity index is 1.26. The third kappa shape index (κ3) is 5.04. The Labute approximate surface area is 152 Å². The van der Waals surface area contributed by atoms with E-state index in [9.17, 15) is 14.7 Å². The molecule has 1 aromatic carbocycles. The van der Waals surface area contributed by atoms with E-state index in [4.69, 9.17) is 0 Å². The van der Waals surface area contributed by atoms with Crippen molar-refractivity contribution in [1.29, 1.82) is 0 Å². The summed E-state index contributed by atoms with van der Waals surface area (Å²) in [5, 5.41) is 18.6. The molecule has 2 heterocycles. The number of carbonyl (C=O) groups is 2. The van der Waals surface area contributed by atoms with Gasteiger partial charge < -0.3 is 21.1 Å². The summed E-state index contributed by atoms with van der Waals surface area (Å²) in [7, 11) is 0. The third-order valence-corrected chi connectivity index (χ3v) is 6.26. The van der Waals surface area contributed by atoms with Gasteiger partial charge in [0.2, 0.25) is 5.91 Å². The smallest absolute Gasteiger partial charge is 0.315 e. The lowest BCUT2D eigenvalue weighted by atomic mass is 10.0. The summed E-state index contributed by atoms with van der Waals surface area (Å²) in [6, 6.07) is 7.52. The van der Waals surface area contributed by atoms with E-state index >= 15 is 0 Å². The molecule has 0 aliphatic carbocycles. The van der Waals surface area contributed by atoms with Crippen LogP contribution in [0.25, 0.3) is 0 Å². The second-order valence-corrected chi connectivity index (χ2v) is 7.91. The molecule has 3 rings (SSSR count). The molecule has 3 atom stereocenters. The van der Waals surface area contributed by atoms with Crippen molar-refractivity contribution in [2.75, 3.05) is 12.3 Å². The van der Waals surface area contributed by atoms with Crippen molar-refractivity contribution in [3.63, 3.8) is 0 Å². The number of nitrogens with one attached hydrogen (secondary N) is 3. The molecule has 4 N–H and O–H groups in total. The zero-order valence-corrected chi connectivity index (χ0v) is 15.0. The van der Waals surface area contributed by atoms with Gasteiger partial charge in [0.1, 0.15) is 5.75 Å². The van der Waals surface area contributed by atoms with Gasteiger partial charge in [-0.3, -0.25) is 4.79 Å². The first kappa shape index (κ1) is 17.9.